The van der Waals surface area contributed by atoms with Crippen molar-refractivity contribution in [3.63, 3.8) is 0 Å². The molecule has 3 unspecified atom stereocenters. The van der Waals surface area contributed by atoms with Gasteiger partial charge in [0.1, 0.15) is 6.54 Å². The van der Waals surface area contributed by atoms with Crippen molar-refractivity contribution in [2.75, 3.05) is 39.4 Å². The number of nitrogens with one attached hydrogen (secondary N) is 2. The first-order valence-corrected chi connectivity index (χ1v) is 16.4. The Morgan fingerprint density at radius 2 is 1.74 bits per heavy atom. The van der Waals surface area contributed by atoms with Crippen molar-refractivity contribution in [2.45, 2.75) is 75.2 Å². The molecular weight excluding hydrogens is 561 g/mol. The fourth-order valence-electron chi connectivity index (χ4n) is 6.65. The van der Waals surface area contributed by atoms with Crippen LogP contribution in [-0.4, -0.2) is 91.1 Å². The second-order valence-electron chi connectivity index (χ2n) is 11.3. The number of rotatable bonds is 7. The normalized spacial score (nSPS) is 27.8. The summed E-state index contributed by atoms with van der Waals surface area (Å²) in [6, 6.07) is 5.59. The van der Waals surface area contributed by atoms with Gasteiger partial charge in [-0.1, -0.05) is 48.5 Å². The van der Waals surface area contributed by atoms with E-state index >= 15 is 0 Å². The Morgan fingerprint density at radius 1 is 1.00 bits per heavy atom. The zero-order valence-electron chi connectivity index (χ0n) is 22.3. The summed E-state index contributed by atoms with van der Waals surface area (Å²) < 4.78 is 28.0. The van der Waals surface area contributed by atoms with E-state index in [9.17, 15) is 18.0 Å². The monoisotopic (exact) mass is 599 g/mol. The average molecular weight is 601 g/mol. The molecule has 9 nitrogen and oxygen atoms in total. The molecule has 4 fully saturated rings. The number of nitrogens with zero attached hydrogens (tertiary/aromatic N) is 3. The average Bonchev–Trinajstić information content (AvgIpc) is 2.95. The number of sulfonamides is 1. The lowest BCUT2D eigenvalue weighted by molar-refractivity contribution is -0.146. The van der Waals surface area contributed by atoms with Gasteiger partial charge in [0.05, 0.1) is 27.9 Å². The fourth-order valence-corrected chi connectivity index (χ4v) is 8.99. The molecule has 12 heteroatoms. The smallest absolute Gasteiger partial charge is 0.239 e. The van der Waals surface area contributed by atoms with Crippen LogP contribution in [-0.2, 0) is 26.2 Å². The Balaban J connectivity index is 1.11. The lowest BCUT2D eigenvalue weighted by Crippen LogP contribution is -2.62. The Kier molecular flexibility index (Phi) is 9.40. The highest BCUT2D eigenvalue weighted by Gasteiger charge is 2.43. The van der Waals surface area contributed by atoms with Crippen LogP contribution in [0.15, 0.2) is 18.2 Å². The third kappa shape index (κ3) is 6.73. The maximum atomic E-state index is 13.4. The molecular formula is C27H39Cl2N5O4S. The van der Waals surface area contributed by atoms with E-state index in [0.717, 1.165) is 56.9 Å². The summed E-state index contributed by atoms with van der Waals surface area (Å²) in [6.07, 6.45) is 7.34. The van der Waals surface area contributed by atoms with Crippen LogP contribution in [0.1, 0.15) is 56.9 Å². The van der Waals surface area contributed by atoms with E-state index < -0.39 is 10.0 Å². The maximum absolute atomic E-state index is 13.4. The minimum Gasteiger partial charge on any atom is -0.350 e. The van der Waals surface area contributed by atoms with Crippen LogP contribution in [0.4, 0.5) is 0 Å². The van der Waals surface area contributed by atoms with E-state index in [4.69, 9.17) is 23.2 Å². The summed E-state index contributed by atoms with van der Waals surface area (Å²) in [5.41, 5.74) is 0.836. The quantitative estimate of drug-likeness (QED) is 0.500. The number of hydrogen-bond acceptors (Lipinski definition) is 6. The third-order valence-electron chi connectivity index (χ3n) is 8.93. The minimum absolute atomic E-state index is 0.00125. The van der Waals surface area contributed by atoms with Crippen molar-refractivity contribution in [1.82, 2.24) is 24.7 Å². The first kappa shape index (κ1) is 29.1. The number of halogens is 2. The SMILES string of the molecule is O=C(CN1CNC2CCC(N3CCN(S(=O)(=O)C4CCCCC4)CC3)CC2C1=O)NCc1ccc(Cl)c(Cl)c1. The molecule has 39 heavy (non-hydrogen) atoms. The molecule has 2 heterocycles. The zero-order chi connectivity index (χ0) is 27.6. The predicted octanol–water partition coefficient (Wildman–Crippen LogP) is 2.82. The lowest BCUT2D eigenvalue weighted by atomic mass is 9.79. The molecule has 0 aromatic heterocycles. The summed E-state index contributed by atoms with van der Waals surface area (Å²) in [4.78, 5) is 30.0. The molecule has 0 spiro atoms. The number of carbonyl (C=O) groups excluding carboxylic acids is 2. The van der Waals surface area contributed by atoms with Crippen molar-refractivity contribution in [1.29, 1.82) is 0 Å². The molecule has 5 rings (SSSR count). The molecule has 2 aliphatic carbocycles. The Hall–Kier alpha value is -1.43. The van der Waals surface area contributed by atoms with Gasteiger partial charge in [0.2, 0.25) is 21.8 Å². The van der Waals surface area contributed by atoms with Gasteiger partial charge in [0, 0.05) is 44.8 Å². The molecule has 3 atom stereocenters. The molecule has 2 N–H and O–H groups in total. The van der Waals surface area contributed by atoms with Gasteiger partial charge < -0.3 is 10.2 Å². The van der Waals surface area contributed by atoms with Crippen molar-refractivity contribution in [3.8, 4) is 0 Å². The maximum Gasteiger partial charge on any atom is 0.239 e. The van der Waals surface area contributed by atoms with Crippen LogP contribution in [0.25, 0.3) is 0 Å². The number of carbonyl (C=O) groups is 2. The third-order valence-corrected chi connectivity index (χ3v) is 12.1. The molecule has 0 radical (unpaired) electrons. The van der Waals surface area contributed by atoms with Gasteiger partial charge >= 0.3 is 0 Å². The van der Waals surface area contributed by atoms with Crippen molar-refractivity contribution in [3.05, 3.63) is 33.8 Å². The topological polar surface area (TPSA) is 102 Å². The Labute approximate surface area is 241 Å². The van der Waals surface area contributed by atoms with E-state index in [-0.39, 0.29) is 41.6 Å². The summed E-state index contributed by atoms with van der Waals surface area (Å²) >= 11 is 12.0. The van der Waals surface area contributed by atoms with E-state index in [1.54, 1.807) is 27.4 Å². The molecule has 216 valence electrons. The molecule has 0 bridgehead atoms. The fraction of sp³-hybridized carbons (Fsp3) is 0.704. The molecule has 2 saturated heterocycles. The van der Waals surface area contributed by atoms with Gasteiger partial charge in [-0.15, -0.1) is 0 Å². The summed E-state index contributed by atoms with van der Waals surface area (Å²) in [5.74, 6) is -0.381. The van der Waals surface area contributed by atoms with Crippen LogP contribution in [0.3, 0.4) is 0 Å². The van der Waals surface area contributed by atoms with Gasteiger partial charge in [-0.25, -0.2) is 8.42 Å². The van der Waals surface area contributed by atoms with Gasteiger partial charge in [-0.05, 0) is 49.8 Å². The first-order chi connectivity index (χ1) is 18.7. The van der Waals surface area contributed by atoms with Crippen molar-refractivity contribution in [2.24, 2.45) is 5.92 Å². The molecule has 1 aromatic carbocycles. The van der Waals surface area contributed by atoms with E-state index in [1.165, 1.54) is 0 Å². The number of amides is 2. The number of piperazine rings is 1. The van der Waals surface area contributed by atoms with Gasteiger partial charge in [-0.2, -0.15) is 4.31 Å². The van der Waals surface area contributed by atoms with Gasteiger partial charge in [-0.3, -0.25) is 19.8 Å². The molecule has 2 amide bonds. The van der Waals surface area contributed by atoms with E-state index in [0.29, 0.717) is 49.4 Å². The summed E-state index contributed by atoms with van der Waals surface area (Å²) in [6.45, 7) is 3.14. The standard InChI is InChI=1S/C27H39Cl2N5O4S/c28-23-8-6-19(14-24(23)29)16-30-26(35)17-33-18-31-25-9-7-20(15-22(25)27(33)36)32-10-12-34(13-11-32)39(37,38)21-4-2-1-3-5-21/h6,8,14,20-22,25,31H,1-5,7,9-13,15-18H2,(H,30,35). The van der Waals surface area contributed by atoms with Gasteiger partial charge in [0.15, 0.2) is 0 Å². The summed E-state index contributed by atoms with van der Waals surface area (Å²) in [7, 11) is -3.23. The molecule has 2 aliphatic heterocycles. The van der Waals surface area contributed by atoms with E-state index in [1.807, 2.05) is 0 Å². The van der Waals surface area contributed by atoms with Crippen LogP contribution in [0, 0.1) is 5.92 Å². The second-order valence-corrected chi connectivity index (χ2v) is 14.4. The van der Waals surface area contributed by atoms with Crippen LogP contribution in [0.2, 0.25) is 10.0 Å². The van der Waals surface area contributed by atoms with Crippen LogP contribution < -0.4 is 10.6 Å². The van der Waals surface area contributed by atoms with Crippen molar-refractivity contribution < 1.29 is 18.0 Å². The number of hydrogen-bond donors (Lipinski definition) is 2. The molecule has 2 saturated carbocycles. The van der Waals surface area contributed by atoms with Gasteiger partial charge in [0.25, 0.3) is 0 Å². The number of benzene rings is 1. The minimum atomic E-state index is -3.23. The zero-order valence-corrected chi connectivity index (χ0v) is 24.6. The first-order valence-electron chi connectivity index (χ1n) is 14.2. The van der Waals surface area contributed by atoms with E-state index in [2.05, 4.69) is 15.5 Å². The lowest BCUT2D eigenvalue weighted by Gasteiger charge is -2.47. The summed E-state index contributed by atoms with van der Waals surface area (Å²) in [5, 5.41) is 7.01. The predicted molar refractivity (Wildman–Crippen MR) is 152 cm³/mol. The molecule has 4 aliphatic rings. The Bertz CT molecular complexity index is 1150. The number of fused-ring (bicyclic) bond motifs is 1. The van der Waals surface area contributed by atoms with Crippen molar-refractivity contribution >= 4 is 45.0 Å². The molecule has 1 aromatic rings. The highest BCUT2D eigenvalue weighted by atomic mass is 35.5. The Morgan fingerprint density at radius 3 is 2.46 bits per heavy atom. The van der Waals surface area contributed by atoms with Crippen LogP contribution in [0.5, 0.6) is 0 Å². The van der Waals surface area contributed by atoms with Crippen LogP contribution >= 0.6 is 23.2 Å². The highest BCUT2D eigenvalue weighted by Crippen LogP contribution is 2.33. The highest BCUT2D eigenvalue weighted by molar-refractivity contribution is 7.89. The second kappa shape index (κ2) is 12.6. The largest absolute Gasteiger partial charge is 0.350 e.